The van der Waals surface area contributed by atoms with Crippen LogP contribution in [0.3, 0.4) is 0 Å². The number of aryl methyl sites for hydroxylation is 2. The highest BCUT2D eigenvalue weighted by Crippen LogP contribution is 2.35. The van der Waals surface area contributed by atoms with Crippen LogP contribution in [0.25, 0.3) is 16.8 Å². The SMILES string of the molecule is Cc1cc(C(C)(C)C)c(Cl)cc1-c1cc(=O)c(/C(C=N)=C/N)c(C)[nH]1. The van der Waals surface area contributed by atoms with E-state index in [1.807, 2.05) is 13.0 Å². The number of H-pyrrole nitrogens is 1. The summed E-state index contributed by atoms with van der Waals surface area (Å²) < 4.78 is 0. The van der Waals surface area contributed by atoms with E-state index < -0.39 is 0 Å². The van der Waals surface area contributed by atoms with E-state index in [1.54, 1.807) is 6.92 Å². The van der Waals surface area contributed by atoms with Gasteiger partial charge in [-0.25, -0.2) is 0 Å². The summed E-state index contributed by atoms with van der Waals surface area (Å²) in [5.74, 6) is 0. The van der Waals surface area contributed by atoms with Crippen molar-refractivity contribution in [3.8, 4) is 11.3 Å². The van der Waals surface area contributed by atoms with Gasteiger partial charge in [0.05, 0.1) is 5.56 Å². The molecule has 5 heteroatoms. The number of aromatic nitrogens is 1. The third-order valence-electron chi connectivity index (χ3n) is 4.25. The fourth-order valence-electron chi connectivity index (χ4n) is 2.94. The lowest BCUT2D eigenvalue weighted by Crippen LogP contribution is -2.14. The lowest BCUT2D eigenvalue weighted by Gasteiger charge is -2.22. The minimum atomic E-state index is -0.179. The Bertz CT molecular complexity index is 918. The van der Waals surface area contributed by atoms with Crippen LogP contribution in [-0.2, 0) is 5.41 Å². The quantitative estimate of drug-likeness (QED) is 0.703. The monoisotopic (exact) mass is 357 g/mol. The summed E-state index contributed by atoms with van der Waals surface area (Å²) in [5.41, 5.74) is 10.5. The number of rotatable bonds is 3. The zero-order valence-corrected chi connectivity index (χ0v) is 16.0. The van der Waals surface area contributed by atoms with Crippen LogP contribution in [0.2, 0.25) is 5.02 Å². The Labute approximate surface area is 153 Å². The molecule has 2 rings (SSSR count). The van der Waals surface area contributed by atoms with E-state index in [4.69, 9.17) is 22.7 Å². The Kier molecular flexibility index (Phi) is 5.23. The molecular formula is C20H24ClN3O. The van der Waals surface area contributed by atoms with Gasteiger partial charge in [0, 0.05) is 46.0 Å². The Hall–Kier alpha value is -2.33. The van der Waals surface area contributed by atoms with Gasteiger partial charge in [-0.1, -0.05) is 38.4 Å². The number of halogens is 1. The van der Waals surface area contributed by atoms with Crippen molar-refractivity contribution < 1.29 is 0 Å². The van der Waals surface area contributed by atoms with E-state index in [9.17, 15) is 4.79 Å². The summed E-state index contributed by atoms with van der Waals surface area (Å²) in [6, 6.07) is 5.50. The van der Waals surface area contributed by atoms with E-state index in [0.717, 1.165) is 22.9 Å². The molecule has 0 aliphatic heterocycles. The van der Waals surface area contributed by atoms with Gasteiger partial charge in [0.25, 0.3) is 0 Å². The molecule has 0 aliphatic carbocycles. The molecular weight excluding hydrogens is 334 g/mol. The third-order valence-corrected chi connectivity index (χ3v) is 4.57. The molecule has 0 fully saturated rings. The minimum absolute atomic E-state index is 0.0572. The highest BCUT2D eigenvalue weighted by Gasteiger charge is 2.20. The standard InChI is InChI=1S/C20H24ClN3O/c1-11-6-15(20(3,4)5)16(21)7-14(11)17-8-18(25)19(12(2)24-17)13(9-22)10-23/h6-10,22H,23H2,1-5H3,(H,24,25)/b13-10+,22-9?. The average Bonchev–Trinajstić information content (AvgIpc) is 2.51. The summed E-state index contributed by atoms with van der Waals surface area (Å²) in [7, 11) is 0. The molecule has 0 saturated carbocycles. The number of aromatic amines is 1. The minimum Gasteiger partial charge on any atom is -0.404 e. The molecule has 4 N–H and O–H groups in total. The fourth-order valence-corrected chi connectivity index (χ4v) is 3.39. The number of allylic oxidation sites excluding steroid dienone is 1. The topological polar surface area (TPSA) is 82.7 Å². The van der Waals surface area contributed by atoms with Crippen LogP contribution in [0.1, 0.15) is 43.2 Å². The van der Waals surface area contributed by atoms with Gasteiger partial charge in [0.1, 0.15) is 0 Å². The third kappa shape index (κ3) is 3.69. The lowest BCUT2D eigenvalue weighted by molar-refractivity contribution is 0.590. The highest BCUT2D eigenvalue weighted by molar-refractivity contribution is 6.31. The van der Waals surface area contributed by atoms with Crippen LogP contribution in [0.4, 0.5) is 0 Å². The van der Waals surface area contributed by atoms with E-state index in [1.165, 1.54) is 12.3 Å². The highest BCUT2D eigenvalue weighted by atomic mass is 35.5. The van der Waals surface area contributed by atoms with Crippen molar-refractivity contribution in [2.75, 3.05) is 0 Å². The molecule has 0 saturated heterocycles. The Morgan fingerprint density at radius 1 is 1.24 bits per heavy atom. The van der Waals surface area contributed by atoms with Gasteiger partial charge in [-0.15, -0.1) is 0 Å². The number of hydrogen-bond acceptors (Lipinski definition) is 3. The second-order valence-corrected chi connectivity index (χ2v) is 7.62. The Balaban J connectivity index is 2.67. The molecule has 0 bridgehead atoms. The normalized spacial score (nSPS) is 12.3. The molecule has 1 heterocycles. The predicted molar refractivity (Wildman–Crippen MR) is 107 cm³/mol. The Morgan fingerprint density at radius 2 is 1.88 bits per heavy atom. The molecule has 25 heavy (non-hydrogen) atoms. The summed E-state index contributed by atoms with van der Waals surface area (Å²) in [6.45, 7) is 10.2. The van der Waals surface area contributed by atoms with Gasteiger partial charge >= 0.3 is 0 Å². The van der Waals surface area contributed by atoms with Gasteiger partial charge in [-0.2, -0.15) is 0 Å². The van der Waals surface area contributed by atoms with Gasteiger partial charge < -0.3 is 16.1 Å². The summed E-state index contributed by atoms with van der Waals surface area (Å²) in [6.07, 6.45) is 2.35. The zero-order chi connectivity index (χ0) is 18.9. The summed E-state index contributed by atoms with van der Waals surface area (Å²) >= 11 is 6.49. The first-order valence-corrected chi connectivity index (χ1v) is 8.45. The average molecular weight is 358 g/mol. The summed E-state index contributed by atoms with van der Waals surface area (Å²) in [5, 5.41) is 8.09. The summed E-state index contributed by atoms with van der Waals surface area (Å²) in [4.78, 5) is 15.8. The first-order valence-electron chi connectivity index (χ1n) is 8.07. The van der Waals surface area contributed by atoms with E-state index in [0.29, 0.717) is 27.5 Å². The van der Waals surface area contributed by atoms with Crippen molar-refractivity contribution in [3.63, 3.8) is 0 Å². The smallest absolute Gasteiger partial charge is 0.190 e. The van der Waals surface area contributed by atoms with E-state index in [2.05, 4.69) is 31.8 Å². The molecule has 4 nitrogen and oxygen atoms in total. The number of nitrogens with two attached hydrogens (primary N) is 1. The molecule has 0 spiro atoms. The lowest BCUT2D eigenvalue weighted by atomic mass is 9.85. The van der Waals surface area contributed by atoms with Crippen LogP contribution >= 0.6 is 11.6 Å². The second-order valence-electron chi connectivity index (χ2n) is 7.21. The second kappa shape index (κ2) is 6.89. The largest absolute Gasteiger partial charge is 0.404 e. The van der Waals surface area contributed by atoms with Crippen molar-refractivity contribution in [1.82, 2.24) is 4.98 Å². The van der Waals surface area contributed by atoms with Crippen molar-refractivity contribution in [1.29, 1.82) is 5.41 Å². The fraction of sp³-hybridized carbons (Fsp3) is 0.300. The van der Waals surface area contributed by atoms with Crippen LogP contribution in [0.15, 0.2) is 29.2 Å². The maximum Gasteiger partial charge on any atom is 0.190 e. The van der Waals surface area contributed by atoms with Gasteiger partial charge in [0.2, 0.25) is 0 Å². The molecule has 0 aliphatic rings. The van der Waals surface area contributed by atoms with E-state index >= 15 is 0 Å². The van der Waals surface area contributed by atoms with Gasteiger partial charge in [0.15, 0.2) is 5.43 Å². The van der Waals surface area contributed by atoms with Crippen molar-refractivity contribution >= 4 is 23.4 Å². The molecule has 0 amide bonds. The van der Waals surface area contributed by atoms with Crippen LogP contribution in [0, 0.1) is 19.3 Å². The maximum atomic E-state index is 12.6. The first kappa shape index (κ1) is 19.0. The number of hydrogen-bond donors (Lipinski definition) is 3. The van der Waals surface area contributed by atoms with E-state index in [-0.39, 0.29) is 10.8 Å². The maximum absolute atomic E-state index is 12.6. The molecule has 132 valence electrons. The van der Waals surface area contributed by atoms with Crippen LogP contribution < -0.4 is 11.2 Å². The zero-order valence-electron chi connectivity index (χ0n) is 15.3. The molecule has 0 unspecified atom stereocenters. The number of benzene rings is 1. The number of nitrogens with one attached hydrogen (secondary N) is 2. The van der Waals surface area contributed by atoms with Gasteiger partial charge in [-0.3, -0.25) is 4.79 Å². The molecule has 2 aromatic rings. The molecule has 0 atom stereocenters. The molecule has 1 aromatic carbocycles. The molecule has 0 radical (unpaired) electrons. The van der Waals surface area contributed by atoms with Crippen molar-refractivity contribution in [2.24, 2.45) is 5.73 Å². The van der Waals surface area contributed by atoms with Crippen molar-refractivity contribution in [3.05, 3.63) is 62.0 Å². The molecule has 1 aromatic heterocycles. The predicted octanol–water partition coefficient (Wildman–Crippen LogP) is 4.56. The van der Waals surface area contributed by atoms with Crippen LogP contribution in [-0.4, -0.2) is 11.2 Å². The Morgan fingerprint density at radius 3 is 2.36 bits per heavy atom. The van der Waals surface area contributed by atoms with Crippen LogP contribution in [0.5, 0.6) is 0 Å². The van der Waals surface area contributed by atoms with Crippen molar-refractivity contribution in [2.45, 2.75) is 40.0 Å². The number of pyridine rings is 1. The first-order chi connectivity index (χ1) is 11.6. The van der Waals surface area contributed by atoms with Gasteiger partial charge in [-0.05, 0) is 36.5 Å².